The lowest BCUT2D eigenvalue weighted by atomic mass is 10.0. The summed E-state index contributed by atoms with van der Waals surface area (Å²) >= 11 is 5.86. The van der Waals surface area contributed by atoms with Crippen molar-refractivity contribution in [3.8, 4) is 0 Å². The van der Waals surface area contributed by atoms with Gasteiger partial charge >= 0.3 is 5.97 Å². The Bertz CT molecular complexity index is 785. The number of nitrogens with one attached hydrogen (secondary N) is 1. The number of anilines is 1. The van der Waals surface area contributed by atoms with E-state index in [2.05, 4.69) is 5.32 Å². The van der Waals surface area contributed by atoms with Crippen molar-refractivity contribution in [2.45, 2.75) is 6.10 Å². The third-order valence-corrected chi connectivity index (χ3v) is 3.68. The second-order valence-corrected chi connectivity index (χ2v) is 5.42. The number of carbonyl (C=O) groups is 2. The lowest BCUT2D eigenvalue weighted by molar-refractivity contribution is -0.141. The third-order valence-electron chi connectivity index (χ3n) is 3.43. The van der Waals surface area contributed by atoms with Crippen LogP contribution in [0.3, 0.4) is 0 Å². The van der Waals surface area contributed by atoms with Gasteiger partial charge in [-0.05, 0) is 29.8 Å². The minimum absolute atomic E-state index is 0.172. The summed E-state index contributed by atoms with van der Waals surface area (Å²) < 4.78 is 5.33. The molecule has 1 aliphatic rings. The zero-order valence-corrected chi connectivity index (χ0v) is 12.7. The molecule has 2 aromatic rings. The summed E-state index contributed by atoms with van der Waals surface area (Å²) in [5.41, 5.74) is 6.91. The van der Waals surface area contributed by atoms with Crippen LogP contribution < -0.4 is 11.1 Å². The Balaban J connectivity index is 2.03. The van der Waals surface area contributed by atoms with E-state index in [-0.39, 0.29) is 5.57 Å². The number of cyclic esters (lactones) is 1. The number of esters is 1. The van der Waals surface area contributed by atoms with Crippen LogP contribution in [0.1, 0.15) is 11.7 Å². The van der Waals surface area contributed by atoms with E-state index < -0.39 is 18.0 Å². The molecule has 6 heteroatoms. The van der Waals surface area contributed by atoms with Gasteiger partial charge in [0.2, 0.25) is 0 Å². The zero-order chi connectivity index (χ0) is 16.4. The number of rotatable bonds is 4. The molecule has 5 nitrogen and oxygen atoms in total. The maximum atomic E-state index is 12.0. The first-order valence-corrected chi connectivity index (χ1v) is 7.26. The van der Waals surface area contributed by atoms with E-state index in [1.807, 2.05) is 30.3 Å². The fourth-order valence-electron chi connectivity index (χ4n) is 2.38. The van der Waals surface area contributed by atoms with Crippen LogP contribution in [-0.2, 0) is 14.3 Å². The van der Waals surface area contributed by atoms with E-state index >= 15 is 0 Å². The number of halogens is 1. The van der Waals surface area contributed by atoms with Gasteiger partial charge in [0.15, 0.2) is 6.10 Å². The van der Waals surface area contributed by atoms with Gasteiger partial charge in [-0.1, -0.05) is 41.9 Å². The molecule has 2 aromatic carbocycles. The fourth-order valence-corrected chi connectivity index (χ4v) is 2.50. The largest absolute Gasteiger partial charge is 0.447 e. The molecule has 0 radical (unpaired) electrons. The smallest absolute Gasteiger partial charge is 0.346 e. The maximum absolute atomic E-state index is 12.0. The van der Waals surface area contributed by atoms with E-state index in [1.54, 1.807) is 24.3 Å². The lowest BCUT2D eigenvalue weighted by Gasteiger charge is -2.16. The quantitative estimate of drug-likeness (QED) is 0.668. The second-order valence-electron chi connectivity index (χ2n) is 4.98. The molecule has 3 rings (SSSR count). The molecule has 0 aliphatic carbocycles. The van der Waals surface area contributed by atoms with Gasteiger partial charge < -0.3 is 15.8 Å². The van der Waals surface area contributed by atoms with E-state index in [4.69, 9.17) is 22.1 Å². The summed E-state index contributed by atoms with van der Waals surface area (Å²) in [6, 6.07) is 16.0. The molecule has 0 fully saturated rings. The van der Waals surface area contributed by atoms with Crippen LogP contribution in [-0.4, -0.2) is 11.9 Å². The van der Waals surface area contributed by atoms with Crippen molar-refractivity contribution in [1.29, 1.82) is 0 Å². The third kappa shape index (κ3) is 3.05. The fraction of sp³-hybridized carbons (Fsp3) is 0.0588. The Kier molecular flexibility index (Phi) is 4.04. The molecule has 1 unspecified atom stereocenters. The Labute approximate surface area is 137 Å². The molecule has 0 aromatic heterocycles. The first-order chi connectivity index (χ1) is 11.1. The summed E-state index contributed by atoms with van der Waals surface area (Å²) in [5, 5.41) is 3.63. The van der Waals surface area contributed by atoms with Gasteiger partial charge in [-0.15, -0.1) is 0 Å². The summed E-state index contributed by atoms with van der Waals surface area (Å²) in [7, 11) is 0. The van der Waals surface area contributed by atoms with E-state index in [1.165, 1.54) is 0 Å². The Morgan fingerprint density at radius 3 is 2.35 bits per heavy atom. The summed E-state index contributed by atoms with van der Waals surface area (Å²) in [4.78, 5) is 23.7. The number of hydrogen-bond acceptors (Lipinski definition) is 4. The Morgan fingerprint density at radius 2 is 1.74 bits per heavy atom. The second kappa shape index (κ2) is 6.14. The van der Waals surface area contributed by atoms with Crippen LogP contribution in [0.15, 0.2) is 65.9 Å². The SMILES string of the molecule is NC(=O)C1=C(Nc2ccc(Cl)cc2)C(c2ccccc2)OC1=O. The van der Waals surface area contributed by atoms with E-state index in [0.29, 0.717) is 16.4 Å². The van der Waals surface area contributed by atoms with Crippen molar-refractivity contribution in [2.24, 2.45) is 5.73 Å². The summed E-state index contributed by atoms with van der Waals surface area (Å²) in [5.74, 6) is -1.56. The molecule has 1 heterocycles. The number of amides is 1. The van der Waals surface area contributed by atoms with Crippen molar-refractivity contribution >= 4 is 29.2 Å². The molecule has 0 bridgehead atoms. The highest BCUT2D eigenvalue weighted by molar-refractivity contribution is 6.30. The van der Waals surface area contributed by atoms with E-state index in [0.717, 1.165) is 5.56 Å². The van der Waals surface area contributed by atoms with Crippen molar-refractivity contribution in [3.63, 3.8) is 0 Å². The highest BCUT2D eigenvalue weighted by Gasteiger charge is 2.38. The molecule has 1 atom stereocenters. The first kappa shape index (κ1) is 15.1. The minimum Gasteiger partial charge on any atom is -0.447 e. The Hall–Kier alpha value is -2.79. The number of carbonyl (C=O) groups excluding carboxylic acids is 2. The topological polar surface area (TPSA) is 81.4 Å². The van der Waals surface area contributed by atoms with Crippen molar-refractivity contribution in [1.82, 2.24) is 0 Å². The van der Waals surface area contributed by atoms with Crippen LogP contribution in [0.25, 0.3) is 0 Å². The van der Waals surface area contributed by atoms with Crippen molar-refractivity contribution in [3.05, 3.63) is 76.5 Å². The highest BCUT2D eigenvalue weighted by Crippen LogP contribution is 2.35. The molecular weight excluding hydrogens is 316 g/mol. The number of benzene rings is 2. The number of primary amides is 1. The average Bonchev–Trinajstić information content (AvgIpc) is 2.87. The standard InChI is InChI=1S/C17H13ClN2O3/c18-11-6-8-12(9-7-11)20-14-13(16(19)21)17(22)23-15(14)10-4-2-1-3-5-10/h1-9,15,20H,(H2,19,21). The molecule has 1 amide bonds. The van der Waals surface area contributed by atoms with Crippen LogP contribution in [0.5, 0.6) is 0 Å². The molecule has 0 saturated carbocycles. The minimum atomic E-state index is -0.829. The van der Waals surface area contributed by atoms with E-state index in [9.17, 15) is 9.59 Å². The Morgan fingerprint density at radius 1 is 1.09 bits per heavy atom. The van der Waals surface area contributed by atoms with Crippen LogP contribution in [0, 0.1) is 0 Å². The number of hydrogen-bond donors (Lipinski definition) is 2. The van der Waals surface area contributed by atoms with Crippen molar-refractivity contribution in [2.75, 3.05) is 5.32 Å². The predicted molar refractivity (Wildman–Crippen MR) is 86.6 cm³/mol. The monoisotopic (exact) mass is 328 g/mol. The van der Waals surface area contributed by atoms with Gasteiger partial charge in [0.25, 0.3) is 5.91 Å². The van der Waals surface area contributed by atoms with Crippen molar-refractivity contribution < 1.29 is 14.3 Å². The molecule has 23 heavy (non-hydrogen) atoms. The lowest BCUT2D eigenvalue weighted by Crippen LogP contribution is -2.20. The predicted octanol–water partition coefficient (Wildman–Crippen LogP) is 2.79. The number of nitrogens with two attached hydrogens (primary N) is 1. The van der Waals surface area contributed by atoms with Gasteiger partial charge in [0.1, 0.15) is 5.57 Å². The maximum Gasteiger partial charge on any atom is 0.346 e. The highest BCUT2D eigenvalue weighted by atomic mass is 35.5. The molecular formula is C17H13ClN2O3. The van der Waals surface area contributed by atoms with Crippen LogP contribution in [0.2, 0.25) is 5.02 Å². The van der Waals surface area contributed by atoms with Gasteiger partial charge in [-0.2, -0.15) is 0 Å². The van der Waals surface area contributed by atoms with Gasteiger partial charge in [-0.3, -0.25) is 4.79 Å². The molecule has 1 aliphatic heterocycles. The normalized spacial score (nSPS) is 17.1. The molecule has 3 N–H and O–H groups in total. The average molecular weight is 329 g/mol. The zero-order valence-electron chi connectivity index (χ0n) is 12.0. The summed E-state index contributed by atoms with van der Waals surface area (Å²) in [6.07, 6.45) is -0.707. The molecule has 0 spiro atoms. The van der Waals surface area contributed by atoms with Gasteiger partial charge in [0, 0.05) is 10.7 Å². The first-order valence-electron chi connectivity index (χ1n) is 6.89. The summed E-state index contributed by atoms with van der Waals surface area (Å²) in [6.45, 7) is 0. The van der Waals surface area contributed by atoms with Crippen LogP contribution in [0.4, 0.5) is 5.69 Å². The van der Waals surface area contributed by atoms with Gasteiger partial charge in [-0.25, -0.2) is 4.79 Å². The van der Waals surface area contributed by atoms with Gasteiger partial charge in [0.05, 0.1) is 5.70 Å². The molecule has 0 saturated heterocycles. The van der Waals surface area contributed by atoms with Crippen LogP contribution >= 0.6 is 11.6 Å². The molecule has 116 valence electrons. The number of ether oxygens (including phenoxy) is 1.